The van der Waals surface area contributed by atoms with Gasteiger partial charge in [-0.15, -0.1) is 4.68 Å². The number of aryl methyl sites for hydroxylation is 1. The predicted molar refractivity (Wildman–Crippen MR) is 123 cm³/mol. The maximum Gasteiger partial charge on any atom is 0.434 e. The number of nitrogens with zero attached hydrogens (tertiary/aromatic N) is 6. The van der Waals surface area contributed by atoms with E-state index in [1.54, 1.807) is 25.3 Å². The van der Waals surface area contributed by atoms with Crippen LogP contribution in [0.2, 0.25) is 0 Å². The highest BCUT2D eigenvalue weighted by molar-refractivity contribution is 7.80. The molecule has 2 fully saturated rings. The smallest absolute Gasteiger partial charge is 0.434 e. The quantitative estimate of drug-likeness (QED) is 0.421. The van der Waals surface area contributed by atoms with Crippen LogP contribution in [0.1, 0.15) is 12.6 Å². The second-order valence-electron chi connectivity index (χ2n) is 8.00. The molecule has 3 aromatic rings. The Morgan fingerprint density at radius 1 is 1.31 bits per heavy atom. The lowest BCUT2D eigenvalue weighted by molar-refractivity contribution is 0.193. The summed E-state index contributed by atoms with van der Waals surface area (Å²) >= 11 is 5.31. The van der Waals surface area contributed by atoms with Crippen molar-refractivity contribution in [3.8, 4) is 0 Å². The van der Waals surface area contributed by atoms with Crippen LogP contribution in [0.4, 0.5) is 22.4 Å². The third-order valence-corrected chi connectivity index (χ3v) is 6.09. The van der Waals surface area contributed by atoms with Crippen LogP contribution >= 0.6 is 12.2 Å². The molecule has 3 atom stereocenters. The Hall–Kier alpha value is -3.54. The lowest BCUT2D eigenvalue weighted by Gasteiger charge is -2.22. The van der Waals surface area contributed by atoms with Gasteiger partial charge in [-0.1, -0.05) is 0 Å². The first-order valence-electron chi connectivity index (χ1n) is 10.4. The summed E-state index contributed by atoms with van der Waals surface area (Å²) in [6.45, 7) is 6.19. The van der Waals surface area contributed by atoms with E-state index in [1.807, 2.05) is 13.0 Å². The minimum Gasteiger partial charge on any atom is -0.463 e. The van der Waals surface area contributed by atoms with Gasteiger partial charge in [-0.25, -0.2) is 9.78 Å². The van der Waals surface area contributed by atoms with Crippen molar-refractivity contribution in [2.75, 3.05) is 29.9 Å². The maximum atomic E-state index is 11.5. The highest BCUT2D eigenvalue weighted by Gasteiger charge is 2.56. The Bertz CT molecular complexity index is 1200. The number of carboxylic acid groups (broad SMARTS) is 1. The average Bonchev–Trinajstić information content (AvgIpc) is 3.09. The molecule has 0 radical (unpaired) electrons. The molecule has 0 spiro atoms. The van der Waals surface area contributed by atoms with Crippen molar-refractivity contribution in [3.63, 3.8) is 0 Å². The second kappa shape index (κ2) is 7.86. The number of aromatic nitrogens is 5. The normalized spacial score (nSPS) is 21.3. The summed E-state index contributed by atoms with van der Waals surface area (Å²) in [6, 6.07) is 5.69. The van der Waals surface area contributed by atoms with E-state index in [4.69, 9.17) is 17.2 Å². The van der Waals surface area contributed by atoms with Crippen LogP contribution < -0.4 is 20.9 Å². The van der Waals surface area contributed by atoms with Gasteiger partial charge in [0.2, 0.25) is 5.95 Å². The maximum absolute atomic E-state index is 11.5. The van der Waals surface area contributed by atoms with Gasteiger partial charge < -0.3 is 26.0 Å². The summed E-state index contributed by atoms with van der Waals surface area (Å²) in [6.07, 6.45) is 0.503. The molecular formula is C20H23N9O2S. The molecule has 1 aliphatic carbocycles. The molecule has 2 aliphatic rings. The van der Waals surface area contributed by atoms with Gasteiger partial charge in [0.1, 0.15) is 11.6 Å². The molecule has 32 heavy (non-hydrogen) atoms. The van der Waals surface area contributed by atoms with Crippen molar-refractivity contribution in [2.24, 2.45) is 11.8 Å². The lowest BCUT2D eigenvalue weighted by Crippen LogP contribution is -2.40. The molecule has 0 bridgehead atoms. The van der Waals surface area contributed by atoms with Crippen LogP contribution in [0.15, 0.2) is 24.4 Å². The predicted octanol–water partition coefficient (Wildman–Crippen LogP) is 1.72. The fourth-order valence-electron chi connectivity index (χ4n) is 4.31. The largest absolute Gasteiger partial charge is 0.463 e. The van der Waals surface area contributed by atoms with Gasteiger partial charge in [0.15, 0.2) is 10.8 Å². The molecule has 3 aromatic heterocycles. The zero-order valence-electron chi connectivity index (χ0n) is 17.6. The van der Waals surface area contributed by atoms with E-state index in [2.05, 4.69) is 35.9 Å². The second-order valence-corrected chi connectivity index (χ2v) is 8.41. The number of pyridine rings is 1. The zero-order chi connectivity index (χ0) is 22.4. The van der Waals surface area contributed by atoms with E-state index in [0.29, 0.717) is 57.3 Å². The van der Waals surface area contributed by atoms with Gasteiger partial charge in [0.05, 0.1) is 11.1 Å². The molecule has 11 nitrogen and oxygen atoms in total. The minimum absolute atomic E-state index is 0.315. The molecule has 5 rings (SSSR count). The third-order valence-electron chi connectivity index (χ3n) is 5.83. The Kier molecular flexibility index (Phi) is 5.00. The Balaban J connectivity index is 1.40. The number of carbonyl (C=O) groups is 1. The summed E-state index contributed by atoms with van der Waals surface area (Å²) in [7, 11) is 0. The van der Waals surface area contributed by atoms with E-state index >= 15 is 0 Å². The van der Waals surface area contributed by atoms with Crippen molar-refractivity contribution in [3.05, 3.63) is 30.1 Å². The molecule has 1 saturated heterocycles. The molecule has 166 valence electrons. The lowest BCUT2D eigenvalue weighted by atomic mass is 10.3. The fourth-order valence-corrected chi connectivity index (χ4v) is 4.59. The number of piperidine rings is 1. The first-order valence-corrected chi connectivity index (χ1v) is 10.8. The highest BCUT2D eigenvalue weighted by Crippen LogP contribution is 2.46. The van der Waals surface area contributed by atoms with Crippen LogP contribution in [0.5, 0.6) is 0 Å². The van der Waals surface area contributed by atoms with Gasteiger partial charge in [0, 0.05) is 49.8 Å². The van der Waals surface area contributed by atoms with Crippen LogP contribution in [0.3, 0.4) is 0 Å². The molecule has 12 heteroatoms. The van der Waals surface area contributed by atoms with Crippen molar-refractivity contribution >= 4 is 52.0 Å². The summed E-state index contributed by atoms with van der Waals surface area (Å²) in [5.74, 6) is 2.35. The average molecular weight is 454 g/mol. The molecule has 1 unspecified atom stereocenters. The molecule has 1 aliphatic heterocycles. The van der Waals surface area contributed by atoms with E-state index < -0.39 is 6.09 Å². The first-order chi connectivity index (χ1) is 15.4. The standard InChI is InChI=1S/C20H23N9O2S/c1-3-21-19(32)24-15-12-8-28(9-13(12)15)18-25-16-11(5-4-6-22-16)17(26-18)23-14-7-10(2)27-29(14)20(30)31/h4-7,12-13,15H,3,8-9H2,1-2H3,(H,30,31)(H2,21,24,32)(H,22,23,25,26)/t12-,13+,15?. The van der Waals surface area contributed by atoms with Crippen LogP contribution in [-0.2, 0) is 0 Å². The third kappa shape index (κ3) is 3.66. The number of rotatable bonds is 5. The molecule has 1 saturated carbocycles. The fraction of sp³-hybridized carbons (Fsp3) is 0.400. The van der Waals surface area contributed by atoms with Crippen LogP contribution in [0, 0.1) is 18.8 Å². The molecule has 0 aromatic carbocycles. The summed E-state index contributed by atoms with van der Waals surface area (Å²) in [4.78, 5) is 27.5. The Morgan fingerprint density at radius 2 is 2.09 bits per heavy atom. The van der Waals surface area contributed by atoms with E-state index in [9.17, 15) is 9.90 Å². The number of thiocarbonyl (C=S) groups is 1. The van der Waals surface area contributed by atoms with Gasteiger partial charge >= 0.3 is 6.09 Å². The van der Waals surface area contributed by atoms with Crippen molar-refractivity contribution in [2.45, 2.75) is 19.9 Å². The van der Waals surface area contributed by atoms with Gasteiger partial charge in [-0.3, -0.25) is 0 Å². The van der Waals surface area contributed by atoms with Gasteiger partial charge in [-0.2, -0.15) is 15.1 Å². The minimum atomic E-state index is -1.18. The Labute approximate surface area is 189 Å². The van der Waals surface area contributed by atoms with Crippen LogP contribution in [-0.4, -0.2) is 66.7 Å². The monoisotopic (exact) mass is 453 g/mol. The number of anilines is 3. The van der Waals surface area contributed by atoms with E-state index in [0.717, 1.165) is 24.3 Å². The molecule has 4 heterocycles. The molecule has 0 amide bonds. The number of hydrogen-bond donors (Lipinski definition) is 4. The van der Waals surface area contributed by atoms with Crippen molar-refractivity contribution in [1.29, 1.82) is 0 Å². The van der Waals surface area contributed by atoms with Crippen molar-refractivity contribution < 1.29 is 9.90 Å². The topological polar surface area (TPSA) is 133 Å². The summed E-state index contributed by atoms with van der Waals surface area (Å²) in [5.41, 5.74) is 1.13. The van der Waals surface area contributed by atoms with Gasteiger partial charge in [-0.05, 0) is 38.2 Å². The zero-order valence-corrected chi connectivity index (χ0v) is 18.4. The number of hydrogen-bond acceptors (Lipinski definition) is 8. The SMILES string of the molecule is CCNC(=S)NC1[C@H]2CN(c3nc(Nc4cc(C)nn4C(=O)O)c4cccnc4n3)C[C@@H]12. The van der Waals surface area contributed by atoms with Crippen LogP contribution in [0.25, 0.3) is 11.0 Å². The van der Waals surface area contributed by atoms with Crippen molar-refractivity contribution in [1.82, 2.24) is 35.4 Å². The first kappa shape index (κ1) is 20.4. The van der Waals surface area contributed by atoms with Gasteiger partial charge in [0.25, 0.3) is 0 Å². The number of nitrogens with one attached hydrogen (secondary N) is 3. The molecular weight excluding hydrogens is 430 g/mol. The molecule has 4 N–H and O–H groups in total. The summed E-state index contributed by atoms with van der Waals surface area (Å²) < 4.78 is 0.897. The Morgan fingerprint density at radius 3 is 2.81 bits per heavy atom. The van der Waals surface area contributed by atoms with E-state index in [1.165, 1.54) is 0 Å². The summed E-state index contributed by atoms with van der Waals surface area (Å²) in [5, 5.41) is 24.5. The van der Waals surface area contributed by atoms with E-state index in [-0.39, 0.29) is 0 Å². The highest BCUT2D eigenvalue weighted by atomic mass is 32.1. The number of fused-ring (bicyclic) bond motifs is 2.